The molecule has 0 fully saturated rings. The summed E-state index contributed by atoms with van der Waals surface area (Å²) in [5, 5.41) is 8.16. The number of nitrogens with one attached hydrogen (secondary N) is 2. The molecule has 2 N–H and O–H groups in total. The van der Waals surface area contributed by atoms with Gasteiger partial charge < -0.3 is 15.2 Å². The van der Waals surface area contributed by atoms with E-state index in [4.69, 9.17) is 0 Å². The smallest absolute Gasteiger partial charge is 0.272 e. The van der Waals surface area contributed by atoms with Gasteiger partial charge in [-0.3, -0.25) is 9.48 Å². The van der Waals surface area contributed by atoms with Gasteiger partial charge in [0, 0.05) is 27.2 Å². The number of carbonyl (C=O) groups excluding carboxylic acids is 1. The molecule has 0 saturated heterocycles. The zero-order chi connectivity index (χ0) is 16.4. The molecule has 0 aliphatic carbocycles. The Morgan fingerprint density at radius 1 is 1.39 bits per heavy atom. The molecule has 2 aromatic heterocycles. The maximum Gasteiger partial charge on any atom is 0.272 e. The van der Waals surface area contributed by atoms with Crippen LogP contribution < -0.4 is 5.32 Å². The van der Waals surface area contributed by atoms with E-state index in [1.165, 1.54) is 0 Å². The van der Waals surface area contributed by atoms with Gasteiger partial charge in [-0.1, -0.05) is 0 Å². The van der Waals surface area contributed by atoms with Crippen molar-refractivity contribution in [3.8, 4) is 0 Å². The lowest BCUT2D eigenvalue weighted by Gasteiger charge is -2.08. The molecule has 0 atom stereocenters. The number of benzene rings is 1. The molecule has 1 aromatic carbocycles. The third-order valence-corrected chi connectivity index (χ3v) is 4.17. The van der Waals surface area contributed by atoms with E-state index in [0.29, 0.717) is 11.4 Å². The Labute approximate surface area is 148 Å². The number of carbonyl (C=O) groups is 1. The second kappa shape index (κ2) is 6.71. The molecule has 0 saturated carbocycles. The third kappa shape index (κ3) is 3.91. The van der Waals surface area contributed by atoms with Crippen molar-refractivity contribution in [1.82, 2.24) is 19.7 Å². The number of H-pyrrole nitrogens is 1. The summed E-state index contributed by atoms with van der Waals surface area (Å²) in [5.41, 5.74) is 2.20. The van der Waals surface area contributed by atoms with Gasteiger partial charge in [-0.15, -0.1) is 0 Å². The molecule has 2 heterocycles. The highest BCUT2D eigenvalue weighted by Crippen LogP contribution is 2.19. The first-order valence-corrected chi connectivity index (χ1v) is 8.36. The van der Waals surface area contributed by atoms with Crippen LogP contribution in [0.1, 0.15) is 10.5 Å². The van der Waals surface area contributed by atoms with E-state index in [1.807, 2.05) is 49.2 Å². The average molecular weight is 423 g/mol. The van der Waals surface area contributed by atoms with Gasteiger partial charge in [0.2, 0.25) is 0 Å². The zero-order valence-electron chi connectivity index (χ0n) is 13.0. The molecule has 3 rings (SSSR count). The Morgan fingerprint density at radius 3 is 3.00 bits per heavy atom. The molecule has 23 heavy (non-hydrogen) atoms. The maximum absolute atomic E-state index is 12.4. The largest absolute Gasteiger partial charge is 0.351 e. The topological polar surface area (TPSA) is 65.9 Å². The number of rotatable bonds is 5. The lowest BCUT2D eigenvalue weighted by molar-refractivity contribution is 0.102. The van der Waals surface area contributed by atoms with Gasteiger partial charge in [0.05, 0.1) is 18.4 Å². The molecule has 0 aliphatic heterocycles. The van der Waals surface area contributed by atoms with Crippen molar-refractivity contribution in [2.24, 2.45) is 0 Å². The molecule has 0 unspecified atom stereocenters. The Kier molecular flexibility index (Phi) is 4.67. The van der Waals surface area contributed by atoms with Gasteiger partial charge in [-0.2, -0.15) is 5.10 Å². The second-order valence-electron chi connectivity index (χ2n) is 5.66. The van der Waals surface area contributed by atoms with E-state index >= 15 is 0 Å². The number of aromatic amines is 1. The highest BCUT2D eigenvalue weighted by atomic mass is 127. The molecule has 7 heteroatoms. The van der Waals surface area contributed by atoms with Crippen molar-refractivity contribution >= 4 is 45.1 Å². The fourth-order valence-corrected chi connectivity index (χ4v) is 2.79. The Bertz CT molecular complexity index is 836. The summed E-state index contributed by atoms with van der Waals surface area (Å²) >= 11 is 2.26. The predicted octanol–water partition coefficient (Wildman–Crippen LogP) is 2.78. The van der Waals surface area contributed by atoms with Crippen LogP contribution in [0.4, 0.5) is 5.69 Å². The summed E-state index contributed by atoms with van der Waals surface area (Å²) in [6.07, 6.45) is 3.51. The van der Waals surface area contributed by atoms with E-state index in [9.17, 15) is 4.79 Å². The van der Waals surface area contributed by atoms with Crippen LogP contribution in [0.2, 0.25) is 0 Å². The lowest BCUT2D eigenvalue weighted by atomic mass is 10.2. The Balaban J connectivity index is 1.70. The van der Waals surface area contributed by atoms with Crippen LogP contribution >= 0.6 is 22.6 Å². The lowest BCUT2D eigenvalue weighted by Crippen LogP contribution is -2.18. The molecule has 0 aliphatic rings. The van der Waals surface area contributed by atoms with Gasteiger partial charge in [0.15, 0.2) is 0 Å². The van der Waals surface area contributed by atoms with Crippen LogP contribution in [0.5, 0.6) is 0 Å². The van der Waals surface area contributed by atoms with Crippen molar-refractivity contribution in [1.29, 1.82) is 0 Å². The molecule has 0 bridgehead atoms. The second-order valence-corrected chi connectivity index (χ2v) is 6.91. The average Bonchev–Trinajstić information content (AvgIpc) is 3.11. The van der Waals surface area contributed by atoms with Crippen molar-refractivity contribution in [3.63, 3.8) is 0 Å². The van der Waals surface area contributed by atoms with Crippen molar-refractivity contribution < 1.29 is 4.79 Å². The van der Waals surface area contributed by atoms with E-state index in [0.717, 1.165) is 27.6 Å². The van der Waals surface area contributed by atoms with Gasteiger partial charge in [-0.05, 0) is 61.0 Å². The van der Waals surface area contributed by atoms with Gasteiger partial charge in [0.25, 0.3) is 5.91 Å². The molecule has 3 aromatic rings. The number of fused-ring (bicyclic) bond motifs is 1. The number of hydrogen-bond acceptors (Lipinski definition) is 3. The molecule has 1 amide bonds. The minimum Gasteiger partial charge on any atom is -0.351 e. The number of aromatic nitrogens is 3. The summed E-state index contributed by atoms with van der Waals surface area (Å²) < 4.78 is 2.96. The number of likely N-dealkylation sites (N-methyl/N-ethyl adjacent to an activating group) is 1. The van der Waals surface area contributed by atoms with Crippen molar-refractivity contribution in [3.05, 3.63) is 45.9 Å². The number of amides is 1. The predicted molar refractivity (Wildman–Crippen MR) is 99.7 cm³/mol. The number of halogens is 1. The standard InChI is InChI=1S/C16H18IN5O/c1-21(2)5-6-22-10-13(9-18-22)19-16(23)15-8-11-7-12(17)3-4-14(11)20-15/h3-4,7-10,20H,5-6H2,1-2H3,(H,19,23). The molecule has 120 valence electrons. The van der Waals surface area contributed by atoms with Gasteiger partial charge >= 0.3 is 0 Å². The van der Waals surface area contributed by atoms with E-state index in [1.54, 1.807) is 6.20 Å². The SMILES string of the molecule is CN(C)CCn1cc(NC(=O)c2cc3cc(I)ccc3[nH]2)cn1. The van der Waals surface area contributed by atoms with Crippen LogP contribution in [0, 0.1) is 3.57 Å². The van der Waals surface area contributed by atoms with Crippen molar-refractivity contribution in [2.75, 3.05) is 26.0 Å². The molecule has 0 radical (unpaired) electrons. The van der Waals surface area contributed by atoms with Crippen LogP contribution in [-0.2, 0) is 6.54 Å². The fraction of sp³-hybridized carbons (Fsp3) is 0.250. The van der Waals surface area contributed by atoms with Gasteiger partial charge in [-0.25, -0.2) is 0 Å². The minimum atomic E-state index is -0.164. The molecule has 0 spiro atoms. The van der Waals surface area contributed by atoms with E-state index in [2.05, 4.69) is 42.9 Å². The number of hydrogen-bond donors (Lipinski definition) is 2. The van der Waals surface area contributed by atoms with Crippen LogP contribution in [0.15, 0.2) is 36.7 Å². The molecule has 6 nitrogen and oxygen atoms in total. The van der Waals surface area contributed by atoms with Crippen LogP contribution in [-0.4, -0.2) is 46.2 Å². The highest BCUT2D eigenvalue weighted by Gasteiger charge is 2.11. The molecular formula is C16H18IN5O. The first-order valence-electron chi connectivity index (χ1n) is 7.28. The summed E-state index contributed by atoms with van der Waals surface area (Å²) in [7, 11) is 4.03. The van der Waals surface area contributed by atoms with Crippen LogP contribution in [0.25, 0.3) is 10.9 Å². The summed E-state index contributed by atoms with van der Waals surface area (Å²) in [6.45, 7) is 1.68. The first-order chi connectivity index (χ1) is 11.0. The fourth-order valence-electron chi connectivity index (χ4n) is 2.28. The third-order valence-electron chi connectivity index (χ3n) is 3.49. The Hall–Kier alpha value is -1.87. The zero-order valence-corrected chi connectivity index (χ0v) is 15.2. The number of nitrogens with zero attached hydrogens (tertiary/aromatic N) is 3. The summed E-state index contributed by atoms with van der Waals surface area (Å²) in [4.78, 5) is 17.6. The molecular weight excluding hydrogens is 405 g/mol. The summed E-state index contributed by atoms with van der Waals surface area (Å²) in [6, 6.07) is 7.90. The van der Waals surface area contributed by atoms with Crippen LogP contribution in [0.3, 0.4) is 0 Å². The van der Waals surface area contributed by atoms with Crippen molar-refractivity contribution in [2.45, 2.75) is 6.54 Å². The van der Waals surface area contributed by atoms with E-state index < -0.39 is 0 Å². The summed E-state index contributed by atoms with van der Waals surface area (Å²) in [5.74, 6) is -0.164. The monoisotopic (exact) mass is 423 g/mol. The maximum atomic E-state index is 12.4. The number of anilines is 1. The van der Waals surface area contributed by atoms with E-state index in [-0.39, 0.29) is 5.91 Å². The highest BCUT2D eigenvalue weighted by molar-refractivity contribution is 14.1. The minimum absolute atomic E-state index is 0.164. The van der Waals surface area contributed by atoms with Gasteiger partial charge in [0.1, 0.15) is 5.69 Å². The Morgan fingerprint density at radius 2 is 2.22 bits per heavy atom. The normalized spacial score (nSPS) is 11.3. The quantitative estimate of drug-likeness (QED) is 0.621. The first kappa shape index (κ1) is 16.0.